The summed E-state index contributed by atoms with van der Waals surface area (Å²) in [4.78, 5) is 11.8. The molecule has 21 heavy (non-hydrogen) atoms. The van der Waals surface area contributed by atoms with E-state index in [1.54, 1.807) is 7.11 Å². The molecule has 2 aromatic rings. The van der Waals surface area contributed by atoms with E-state index in [1.165, 1.54) is 0 Å². The number of hydrogen-bond acceptors (Lipinski definition) is 3. The fourth-order valence-electron chi connectivity index (χ4n) is 1.76. The Morgan fingerprint density at radius 1 is 0.810 bits per heavy atom. The fourth-order valence-corrected chi connectivity index (χ4v) is 1.76. The molecule has 3 nitrogen and oxygen atoms in total. The molecule has 110 valence electrons. The van der Waals surface area contributed by atoms with E-state index in [2.05, 4.69) is 0 Å². The molecular weight excluding hydrogens is 264 g/mol. The summed E-state index contributed by atoms with van der Waals surface area (Å²) in [6.45, 7) is 5.50. The Morgan fingerprint density at radius 2 is 1.24 bits per heavy atom. The minimum atomic E-state index is -0.505. The number of methoxy groups -OCH3 is 1. The van der Waals surface area contributed by atoms with Crippen molar-refractivity contribution in [3.05, 3.63) is 48.5 Å². The monoisotopic (exact) mass is 284 g/mol. The summed E-state index contributed by atoms with van der Waals surface area (Å²) in [6, 6.07) is 15.3. The average molecular weight is 284 g/mol. The summed E-state index contributed by atoms with van der Waals surface area (Å²) in [5, 5.41) is 0. The first-order valence-electron chi connectivity index (χ1n) is 6.87. The molecule has 0 spiro atoms. The van der Waals surface area contributed by atoms with Crippen molar-refractivity contribution in [2.45, 2.75) is 20.8 Å². The van der Waals surface area contributed by atoms with Crippen molar-refractivity contribution in [1.29, 1.82) is 0 Å². The van der Waals surface area contributed by atoms with Gasteiger partial charge < -0.3 is 9.47 Å². The molecule has 0 saturated carbocycles. The Kier molecular flexibility index (Phi) is 4.32. The predicted octanol–water partition coefficient (Wildman–Crippen LogP) is 4.31. The number of benzene rings is 2. The Bertz CT molecular complexity index is 604. The molecule has 0 heterocycles. The fraction of sp³-hybridized carbons (Fsp3) is 0.278. The van der Waals surface area contributed by atoms with Crippen molar-refractivity contribution in [3.63, 3.8) is 0 Å². The minimum absolute atomic E-state index is 0.236. The van der Waals surface area contributed by atoms with Crippen molar-refractivity contribution >= 4 is 5.97 Å². The molecule has 0 atom stereocenters. The van der Waals surface area contributed by atoms with Crippen LogP contribution in [-0.4, -0.2) is 13.1 Å². The number of carbonyl (C=O) groups excluding carboxylic acids is 1. The summed E-state index contributed by atoms with van der Waals surface area (Å²) in [7, 11) is 1.65. The molecule has 0 aliphatic rings. The smallest absolute Gasteiger partial charge is 0.316 e. The van der Waals surface area contributed by atoms with Crippen LogP contribution in [0.3, 0.4) is 0 Å². The molecule has 0 saturated heterocycles. The van der Waals surface area contributed by atoms with Crippen LogP contribution in [-0.2, 0) is 4.79 Å². The Morgan fingerprint density at radius 3 is 1.62 bits per heavy atom. The van der Waals surface area contributed by atoms with Gasteiger partial charge in [0.2, 0.25) is 0 Å². The van der Waals surface area contributed by atoms with E-state index in [-0.39, 0.29) is 5.97 Å². The van der Waals surface area contributed by atoms with E-state index >= 15 is 0 Å². The molecule has 2 rings (SSSR count). The summed E-state index contributed by atoms with van der Waals surface area (Å²) in [5.74, 6) is 1.15. The van der Waals surface area contributed by atoms with Gasteiger partial charge in [0, 0.05) is 0 Å². The third kappa shape index (κ3) is 3.85. The zero-order chi connectivity index (χ0) is 15.5. The van der Waals surface area contributed by atoms with Gasteiger partial charge in [-0.3, -0.25) is 4.79 Å². The van der Waals surface area contributed by atoms with Gasteiger partial charge in [-0.05, 0) is 56.2 Å². The van der Waals surface area contributed by atoms with Gasteiger partial charge in [0.05, 0.1) is 12.5 Å². The molecule has 0 N–H and O–H groups in total. The number of esters is 1. The van der Waals surface area contributed by atoms with Crippen molar-refractivity contribution in [2.24, 2.45) is 5.41 Å². The van der Waals surface area contributed by atoms with E-state index < -0.39 is 5.41 Å². The molecule has 0 aliphatic carbocycles. The highest BCUT2D eigenvalue weighted by Crippen LogP contribution is 2.25. The van der Waals surface area contributed by atoms with Gasteiger partial charge in [0.15, 0.2) is 0 Å². The maximum Gasteiger partial charge on any atom is 0.316 e. The van der Waals surface area contributed by atoms with E-state index in [9.17, 15) is 4.79 Å². The van der Waals surface area contributed by atoms with Crippen LogP contribution in [0.2, 0.25) is 0 Å². The quantitative estimate of drug-likeness (QED) is 0.622. The first kappa shape index (κ1) is 15.1. The van der Waals surface area contributed by atoms with Gasteiger partial charge in [-0.2, -0.15) is 0 Å². The maximum atomic E-state index is 11.8. The second-order valence-electron chi connectivity index (χ2n) is 5.89. The lowest BCUT2D eigenvalue weighted by molar-refractivity contribution is -0.142. The van der Waals surface area contributed by atoms with Gasteiger partial charge in [0.1, 0.15) is 11.5 Å². The third-order valence-electron chi connectivity index (χ3n) is 3.10. The van der Waals surface area contributed by atoms with E-state index in [1.807, 2.05) is 69.3 Å². The lowest BCUT2D eigenvalue weighted by Gasteiger charge is -2.16. The van der Waals surface area contributed by atoms with Crippen molar-refractivity contribution < 1.29 is 14.3 Å². The predicted molar refractivity (Wildman–Crippen MR) is 83.5 cm³/mol. The number of hydrogen-bond donors (Lipinski definition) is 0. The number of ether oxygens (including phenoxy) is 2. The number of rotatable bonds is 3. The zero-order valence-corrected chi connectivity index (χ0v) is 12.8. The Balaban J connectivity index is 2.13. The van der Waals surface area contributed by atoms with Crippen LogP contribution in [0.15, 0.2) is 48.5 Å². The summed E-state index contributed by atoms with van der Waals surface area (Å²) in [6.07, 6.45) is 0. The highest BCUT2D eigenvalue weighted by Gasteiger charge is 2.23. The van der Waals surface area contributed by atoms with Crippen LogP contribution in [0, 0.1) is 5.41 Å². The second-order valence-corrected chi connectivity index (χ2v) is 5.89. The maximum absolute atomic E-state index is 11.8. The molecular formula is C18H20O3. The number of carbonyl (C=O) groups is 1. The van der Waals surface area contributed by atoms with E-state index in [4.69, 9.17) is 9.47 Å². The largest absolute Gasteiger partial charge is 0.497 e. The van der Waals surface area contributed by atoms with Gasteiger partial charge in [-0.25, -0.2) is 0 Å². The minimum Gasteiger partial charge on any atom is -0.497 e. The van der Waals surface area contributed by atoms with Crippen molar-refractivity contribution in [1.82, 2.24) is 0 Å². The molecule has 0 bridgehead atoms. The van der Waals surface area contributed by atoms with Crippen LogP contribution in [0.5, 0.6) is 11.5 Å². The first-order chi connectivity index (χ1) is 9.90. The topological polar surface area (TPSA) is 35.5 Å². The molecule has 0 aliphatic heterocycles. The van der Waals surface area contributed by atoms with Crippen molar-refractivity contribution in [3.8, 4) is 22.6 Å². The van der Waals surface area contributed by atoms with Crippen LogP contribution < -0.4 is 9.47 Å². The lowest BCUT2D eigenvalue weighted by atomic mass is 9.97. The van der Waals surface area contributed by atoms with Crippen molar-refractivity contribution in [2.75, 3.05) is 7.11 Å². The van der Waals surface area contributed by atoms with Gasteiger partial charge in [-0.1, -0.05) is 24.3 Å². The molecule has 0 unspecified atom stereocenters. The highest BCUT2D eigenvalue weighted by atomic mass is 16.5. The standard InChI is InChI=1S/C18H20O3/c1-18(2,3)17(19)21-16-11-7-14(8-12-16)13-5-9-15(20-4)10-6-13/h5-12H,1-4H3. The molecule has 0 amide bonds. The van der Waals surface area contributed by atoms with Crippen LogP contribution in [0.1, 0.15) is 20.8 Å². The van der Waals surface area contributed by atoms with Gasteiger partial charge >= 0.3 is 5.97 Å². The summed E-state index contributed by atoms with van der Waals surface area (Å²) >= 11 is 0. The highest BCUT2D eigenvalue weighted by molar-refractivity contribution is 5.78. The molecule has 0 aromatic heterocycles. The lowest BCUT2D eigenvalue weighted by Crippen LogP contribution is -2.25. The SMILES string of the molecule is COc1ccc(-c2ccc(OC(=O)C(C)(C)C)cc2)cc1. The third-order valence-corrected chi connectivity index (χ3v) is 3.10. The summed E-state index contributed by atoms with van der Waals surface area (Å²) in [5.41, 5.74) is 1.65. The summed E-state index contributed by atoms with van der Waals surface area (Å²) < 4.78 is 10.5. The van der Waals surface area contributed by atoms with Gasteiger partial charge in [0.25, 0.3) is 0 Å². The van der Waals surface area contributed by atoms with E-state index in [0.29, 0.717) is 5.75 Å². The average Bonchev–Trinajstić information content (AvgIpc) is 2.47. The van der Waals surface area contributed by atoms with Crippen LogP contribution in [0.4, 0.5) is 0 Å². The Hall–Kier alpha value is -2.29. The molecule has 2 aromatic carbocycles. The van der Waals surface area contributed by atoms with Gasteiger partial charge in [-0.15, -0.1) is 0 Å². The van der Waals surface area contributed by atoms with Crippen LogP contribution in [0.25, 0.3) is 11.1 Å². The normalized spacial score (nSPS) is 11.0. The second kappa shape index (κ2) is 6.00. The molecule has 0 radical (unpaired) electrons. The first-order valence-corrected chi connectivity index (χ1v) is 6.87. The Labute approximate surface area is 125 Å². The molecule has 3 heteroatoms. The molecule has 0 fully saturated rings. The zero-order valence-electron chi connectivity index (χ0n) is 12.8. The van der Waals surface area contributed by atoms with E-state index in [0.717, 1.165) is 16.9 Å². The van der Waals surface area contributed by atoms with Crippen LogP contribution >= 0.6 is 0 Å².